The van der Waals surface area contributed by atoms with E-state index in [1.807, 2.05) is 6.07 Å². The number of nitrogens with zero attached hydrogens (tertiary/aromatic N) is 3. The van der Waals surface area contributed by atoms with Crippen LogP contribution in [0.2, 0.25) is 0 Å². The summed E-state index contributed by atoms with van der Waals surface area (Å²) in [6.07, 6.45) is 1.61. The third-order valence-corrected chi connectivity index (χ3v) is 4.97. The van der Waals surface area contributed by atoms with E-state index in [0.29, 0.717) is 31.2 Å². The van der Waals surface area contributed by atoms with Gasteiger partial charge in [0.05, 0.1) is 17.6 Å². The molecule has 0 unspecified atom stereocenters. The Morgan fingerprint density at radius 3 is 2.79 bits per heavy atom. The first kappa shape index (κ1) is 13.8. The lowest BCUT2D eigenvalue weighted by atomic mass is 10.0. The molecule has 1 aromatic heterocycles. The monoisotopic (exact) mass is 280 g/mol. The molecule has 1 saturated heterocycles. The van der Waals surface area contributed by atoms with Crippen molar-refractivity contribution >= 4 is 15.7 Å². The molecule has 0 saturated carbocycles. The molecule has 2 rings (SSSR count). The fourth-order valence-electron chi connectivity index (χ4n) is 1.89. The molecule has 1 N–H and O–H groups in total. The van der Waals surface area contributed by atoms with E-state index in [0.717, 1.165) is 5.69 Å². The third-order valence-electron chi connectivity index (χ3n) is 3.15. The number of anilines is 1. The Morgan fingerprint density at radius 2 is 2.26 bits per heavy atom. The molecule has 1 aromatic rings. The van der Waals surface area contributed by atoms with Crippen LogP contribution in [0.15, 0.2) is 18.3 Å². The maximum absolute atomic E-state index is 11.5. The van der Waals surface area contributed by atoms with Crippen molar-refractivity contribution in [2.45, 2.75) is 6.92 Å². The molecule has 0 spiro atoms. The van der Waals surface area contributed by atoms with Gasteiger partial charge in [0.15, 0.2) is 0 Å². The van der Waals surface area contributed by atoms with Crippen molar-refractivity contribution in [2.24, 2.45) is 5.92 Å². The largest absolute Gasteiger partial charge is 0.383 e. The predicted octanol–water partition coefficient (Wildman–Crippen LogP) is 0.647. The van der Waals surface area contributed by atoms with E-state index in [2.05, 4.69) is 10.3 Å². The van der Waals surface area contributed by atoms with E-state index in [-0.39, 0.29) is 5.75 Å². The number of nitriles is 1. The molecule has 1 fully saturated rings. The summed E-state index contributed by atoms with van der Waals surface area (Å²) in [6.45, 7) is 3.52. The van der Waals surface area contributed by atoms with Crippen LogP contribution in [-0.4, -0.2) is 43.1 Å². The van der Waals surface area contributed by atoms with Crippen LogP contribution >= 0.6 is 0 Å². The minimum absolute atomic E-state index is 0.159. The van der Waals surface area contributed by atoms with Crippen molar-refractivity contribution in [3.8, 4) is 6.07 Å². The molecule has 2 heterocycles. The molecule has 19 heavy (non-hydrogen) atoms. The highest BCUT2D eigenvalue weighted by Crippen LogP contribution is 2.20. The van der Waals surface area contributed by atoms with Crippen molar-refractivity contribution in [3.63, 3.8) is 0 Å². The van der Waals surface area contributed by atoms with Crippen LogP contribution in [0, 0.1) is 17.2 Å². The molecule has 7 heteroatoms. The van der Waals surface area contributed by atoms with Crippen LogP contribution in [0.1, 0.15) is 12.6 Å². The summed E-state index contributed by atoms with van der Waals surface area (Å²) in [6, 6.07) is 5.40. The standard InChI is InChI=1S/C12H16N4O2S/c1-2-19(17,18)16-8-10(9-16)6-14-12-4-3-11(5-13)15-7-12/h3-4,7,10,14H,2,6,8-9H2,1H3. The van der Waals surface area contributed by atoms with Gasteiger partial charge in [-0.15, -0.1) is 0 Å². The van der Waals surface area contributed by atoms with Gasteiger partial charge in [-0.2, -0.15) is 5.26 Å². The van der Waals surface area contributed by atoms with Gasteiger partial charge in [-0.05, 0) is 19.1 Å². The SMILES string of the molecule is CCS(=O)(=O)N1CC(CNc2ccc(C#N)nc2)C1. The van der Waals surface area contributed by atoms with Crippen LogP contribution < -0.4 is 5.32 Å². The summed E-state index contributed by atoms with van der Waals surface area (Å²) in [4.78, 5) is 3.96. The highest BCUT2D eigenvalue weighted by Gasteiger charge is 2.34. The zero-order chi connectivity index (χ0) is 13.9. The molecule has 0 aliphatic carbocycles. The van der Waals surface area contributed by atoms with E-state index < -0.39 is 10.0 Å². The second kappa shape index (κ2) is 5.55. The van der Waals surface area contributed by atoms with Gasteiger partial charge in [-0.1, -0.05) is 0 Å². The second-order valence-electron chi connectivity index (χ2n) is 4.51. The molecule has 0 aromatic carbocycles. The Bertz CT molecular complexity index is 571. The van der Waals surface area contributed by atoms with Gasteiger partial charge in [0, 0.05) is 25.6 Å². The predicted molar refractivity (Wildman–Crippen MR) is 72.0 cm³/mol. The number of aromatic nitrogens is 1. The number of rotatable bonds is 5. The molecule has 0 amide bonds. The van der Waals surface area contributed by atoms with Gasteiger partial charge >= 0.3 is 0 Å². The summed E-state index contributed by atoms with van der Waals surface area (Å²) in [7, 11) is -3.03. The minimum atomic E-state index is -3.03. The van der Waals surface area contributed by atoms with Gasteiger partial charge in [0.1, 0.15) is 11.8 Å². The second-order valence-corrected chi connectivity index (χ2v) is 6.77. The van der Waals surface area contributed by atoms with E-state index in [4.69, 9.17) is 5.26 Å². The van der Waals surface area contributed by atoms with Gasteiger partial charge in [-0.3, -0.25) is 0 Å². The summed E-state index contributed by atoms with van der Waals surface area (Å²) in [5.74, 6) is 0.490. The van der Waals surface area contributed by atoms with Crippen LogP contribution in [0.4, 0.5) is 5.69 Å². The normalized spacial score (nSPS) is 16.6. The number of pyridine rings is 1. The maximum atomic E-state index is 11.5. The van der Waals surface area contributed by atoms with E-state index >= 15 is 0 Å². The molecular formula is C12H16N4O2S. The van der Waals surface area contributed by atoms with Crippen LogP contribution in [0.5, 0.6) is 0 Å². The lowest BCUT2D eigenvalue weighted by Gasteiger charge is -2.38. The molecule has 102 valence electrons. The van der Waals surface area contributed by atoms with Crippen molar-refractivity contribution < 1.29 is 8.42 Å². The Morgan fingerprint density at radius 1 is 1.53 bits per heavy atom. The Kier molecular flexibility index (Phi) is 4.02. The fraction of sp³-hybridized carbons (Fsp3) is 0.500. The molecule has 0 radical (unpaired) electrons. The van der Waals surface area contributed by atoms with Gasteiger partial charge in [0.25, 0.3) is 0 Å². The van der Waals surface area contributed by atoms with E-state index in [1.54, 1.807) is 25.3 Å². The highest BCUT2D eigenvalue weighted by molar-refractivity contribution is 7.89. The first-order chi connectivity index (χ1) is 9.05. The number of hydrogen-bond donors (Lipinski definition) is 1. The average Bonchev–Trinajstić information content (AvgIpc) is 2.37. The number of sulfonamides is 1. The molecular weight excluding hydrogens is 264 g/mol. The first-order valence-corrected chi connectivity index (χ1v) is 7.74. The van der Waals surface area contributed by atoms with Crippen LogP contribution in [0.25, 0.3) is 0 Å². The summed E-state index contributed by atoms with van der Waals surface area (Å²) in [5.41, 5.74) is 1.23. The Hall–Kier alpha value is -1.65. The molecule has 0 bridgehead atoms. The average molecular weight is 280 g/mol. The number of hydrogen-bond acceptors (Lipinski definition) is 5. The highest BCUT2D eigenvalue weighted by atomic mass is 32.2. The summed E-state index contributed by atoms with van der Waals surface area (Å²) < 4.78 is 24.6. The molecule has 1 aliphatic rings. The van der Waals surface area contributed by atoms with Crippen molar-refractivity contribution in [1.82, 2.24) is 9.29 Å². The maximum Gasteiger partial charge on any atom is 0.213 e. The van der Waals surface area contributed by atoms with Gasteiger partial charge < -0.3 is 5.32 Å². The van der Waals surface area contributed by atoms with E-state index in [1.165, 1.54) is 4.31 Å². The topological polar surface area (TPSA) is 86.1 Å². The van der Waals surface area contributed by atoms with Gasteiger partial charge in [-0.25, -0.2) is 17.7 Å². The lowest BCUT2D eigenvalue weighted by molar-refractivity contribution is 0.212. The quantitative estimate of drug-likeness (QED) is 0.855. The lowest BCUT2D eigenvalue weighted by Crippen LogP contribution is -2.52. The van der Waals surface area contributed by atoms with Crippen molar-refractivity contribution in [3.05, 3.63) is 24.0 Å². The first-order valence-electron chi connectivity index (χ1n) is 6.13. The molecule has 0 atom stereocenters. The summed E-state index contributed by atoms with van der Waals surface area (Å²) >= 11 is 0. The number of nitrogens with one attached hydrogen (secondary N) is 1. The molecule has 1 aliphatic heterocycles. The Labute approximate surface area is 113 Å². The van der Waals surface area contributed by atoms with Crippen molar-refractivity contribution in [2.75, 3.05) is 30.7 Å². The van der Waals surface area contributed by atoms with Crippen LogP contribution in [0.3, 0.4) is 0 Å². The summed E-state index contributed by atoms with van der Waals surface area (Å²) in [5, 5.41) is 11.8. The third kappa shape index (κ3) is 3.22. The van der Waals surface area contributed by atoms with Crippen LogP contribution in [-0.2, 0) is 10.0 Å². The van der Waals surface area contributed by atoms with Gasteiger partial charge in [0.2, 0.25) is 10.0 Å². The fourth-order valence-corrected chi connectivity index (χ4v) is 3.13. The zero-order valence-electron chi connectivity index (χ0n) is 10.7. The van der Waals surface area contributed by atoms with Crippen molar-refractivity contribution in [1.29, 1.82) is 5.26 Å². The Balaban J connectivity index is 1.78. The van der Waals surface area contributed by atoms with E-state index in [9.17, 15) is 8.42 Å². The zero-order valence-corrected chi connectivity index (χ0v) is 11.5. The smallest absolute Gasteiger partial charge is 0.213 e. The molecule has 6 nitrogen and oxygen atoms in total. The minimum Gasteiger partial charge on any atom is -0.383 e.